The molecule has 40 heavy (non-hydrogen) atoms. The fraction of sp³-hybridized carbons (Fsp3) is 0.179. The summed E-state index contributed by atoms with van der Waals surface area (Å²) in [6.45, 7) is 0.525. The molecule has 4 aromatic heterocycles. The number of rotatable bonds is 8. The Morgan fingerprint density at radius 1 is 1.15 bits per heavy atom. The van der Waals surface area contributed by atoms with Gasteiger partial charge in [-0.2, -0.15) is 5.10 Å². The number of methoxy groups -OCH3 is 1. The molecule has 1 amide bonds. The number of hydrogen-bond donors (Lipinski definition) is 3. The van der Waals surface area contributed by atoms with Gasteiger partial charge >= 0.3 is 0 Å². The SMILES string of the molecule is COc1cc(-c2nn(CC(O)Cn3ccnc3)c3ncnc(N)c23)ccc1NC(=O)c1cc2ccccc2n1C. The van der Waals surface area contributed by atoms with Gasteiger partial charge in [0.05, 0.1) is 43.7 Å². The highest BCUT2D eigenvalue weighted by Gasteiger charge is 2.21. The summed E-state index contributed by atoms with van der Waals surface area (Å²) in [7, 11) is 3.39. The Hall–Kier alpha value is -5.23. The number of aliphatic hydroxyl groups excluding tert-OH is 1. The van der Waals surface area contributed by atoms with Crippen LogP contribution >= 0.6 is 0 Å². The van der Waals surface area contributed by atoms with Crippen molar-refractivity contribution in [3.05, 3.63) is 79.3 Å². The van der Waals surface area contributed by atoms with Crippen LogP contribution in [0, 0.1) is 0 Å². The number of benzene rings is 2. The number of nitrogens with one attached hydrogen (secondary N) is 1. The van der Waals surface area contributed by atoms with Crippen LogP contribution in [0.2, 0.25) is 0 Å². The third-order valence-electron chi connectivity index (χ3n) is 6.83. The van der Waals surface area contributed by atoms with Crippen LogP contribution in [-0.2, 0) is 20.1 Å². The molecule has 0 aliphatic heterocycles. The Labute approximate surface area is 228 Å². The number of nitrogens with zero attached hydrogens (tertiary/aromatic N) is 7. The summed E-state index contributed by atoms with van der Waals surface area (Å²) in [4.78, 5) is 25.8. The third kappa shape index (κ3) is 4.50. The lowest BCUT2D eigenvalue weighted by molar-refractivity contribution is 0.101. The average Bonchev–Trinajstić information content (AvgIpc) is 3.68. The number of carbonyl (C=O) groups excluding carboxylic acids is 1. The van der Waals surface area contributed by atoms with E-state index in [1.54, 1.807) is 40.1 Å². The fourth-order valence-corrected chi connectivity index (χ4v) is 4.89. The van der Waals surface area contributed by atoms with Gasteiger partial charge in [0.15, 0.2) is 5.65 Å². The molecule has 0 bridgehead atoms. The molecule has 0 aliphatic carbocycles. The number of aliphatic hydroxyl groups is 1. The second kappa shape index (κ2) is 10.2. The van der Waals surface area contributed by atoms with Crippen LogP contribution < -0.4 is 15.8 Å². The number of aryl methyl sites for hydroxylation is 1. The van der Waals surface area contributed by atoms with Crippen molar-refractivity contribution in [1.82, 2.24) is 33.9 Å². The summed E-state index contributed by atoms with van der Waals surface area (Å²) in [5, 5.41) is 19.9. The summed E-state index contributed by atoms with van der Waals surface area (Å²) in [6, 6.07) is 15.0. The first kappa shape index (κ1) is 25.1. The predicted molar refractivity (Wildman–Crippen MR) is 151 cm³/mol. The number of ether oxygens (including phenoxy) is 1. The Bertz CT molecular complexity index is 1840. The van der Waals surface area contributed by atoms with Gasteiger partial charge < -0.3 is 30.0 Å². The van der Waals surface area contributed by atoms with E-state index in [1.165, 1.54) is 13.4 Å². The number of anilines is 2. The maximum atomic E-state index is 13.2. The highest BCUT2D eigenvalue weighted by Crippen LogP contribution is 2.35. The number of amides is 1. The minimum atomic E-state index is -0.748. The number of carbonyl (C=O) groups is 1. The zero-order valence-corrected chi connectivity index (χ0v) is 21.9. The number of fused-ring (bicyclic) bond motifs is 2. The molecule has 1 unspecified atom stereocenters. The van der Waals surface area contributed by atoms with Gasteiger partial charge in [-0.05, 0) is 24.3 Å². The average molecular weight is 538 g/mol. The quantitative estimate of drug-likeness (QED) is 0.268. The molecule has 6 rings (SSSR count). The summed E-state index contributed by atoms with van der Waals surface area (Å²) < 4.78 is 10.9. The Kier molecular flexibility index (Phi) is 6.36. The van der Waals surface area contributed by atoms with Gasteiger partial charge in [-0.1, -0.05) is 24.3 Å². The molecule has 12 nitrogen and oxygen atoms in total. The topological polar surface area (TPSA) is 151 Å². The smallest absolute Gasteiger partial charge is 0.272 e. The summed E-state index contributed by atoms with van der Waals surface area (Å²) in [6.07, 6.45) is 5.70. The highest BCUT2D eigenvalue weighted by molar-refractivity contribution is 6.07. The molecule has 4 heterocycles. The van der Waals surface area contributed by atoms with Crippen molar-refractivity contribution in [2.24, 2.45) is 7.05 Å². The molecule has 0 aliphatic rings. The molecule has 0 spiro atoms. The van der Waals surface area contributed by atoms with Crippen molar-refractivity contribution in [3.63, 3.8) is 0 Å². The molecular formula is C28H27N9O3. The van der Waals surface area contributed by atoms with Gasteiger partial charge in [-0.25, -0.2) is 19.6 Å². The Balaban J connectivity index is 1.32. The van der Waals surface area contributed by atoms with E-state index in [0.29, 0.717) is 46.0 Å². The molecule has 2 aromatic carbocycles. The lowest BCUT2D eigenvalue weighted by atomic mass is 10.1. The lowest BCUT2D eigenvalue weighted by Gasteiger charge is -2.12. The van der Waals surface area contributed by atoms with Crippen molar-refractivity contribution in [1.29, 1.82) is 0 Å². The first-order chi connectivity index (χ1) is 19.4. The highest BCUT2D eigenvalue weighted by atomic mass is 16.5. The summed E-state index contributed by atoms with van der Waals surface area (Å²) >= 11 is 0. The van der Waals surface area contributed by atoms with Crippen molar-refractivity contribution >= 4 is 39.3 Å². The number of nitrogens with two attached hydrogens (primary N) is 1. The maximum Gasteiger partial charge on any atom is 0.272 e. The van der Waals surface area contributed by atoms with Crippen LogP contribution in [0.25, 0.3) is 33.2 Å². The fourth-order valence-electron chi connectivity index (χ4n) is 4.89. The van der Waals surface area contributed by atoms with Crippen LogP contribution in [0.5, 0.6) is 5.75 Å². The first-order valence-corrected chi connectivity index (χ1v) is 12.6. The molecular weight excluding hydrogens is 510 g/mol. The van der Waals surface area contributed by atoms with E-state index in [0.717, 1.165) is 10.9 Å². The van der Waals surface area contributed by atoms with Crippen molar-refractivity contribution < 1.29 is 14.6 Å². The van der Waals surface area contributed by atoms with Crippen LogP contribution in [0.1, 0.15) is 10.5 Å². The van der Waals surface area contributed by atoms with Gasteiger partial charge in [0.2, 0.25) is 0 Å². The van der Waals surface area contributed by atoms with Gasteiger partial charge in [-0.15, -0.1) is 0 Å². The zero-order valence-electron chi connectivity index (χ0n) is 21.9. The van der Waals surface area contributed by atoms with Gasteiger partial charge in [0.25, 0.3) is 5.91 Å². The van der Waals surface area contributed by atoms with E-state index in [-0.39, 0.29) is 18.3 Å². The standard InChI is InChI=1S/C28H27N9O3/c1-35-21-6-4-3-5-17(21)11-22(35)28(39)33-20-8-7-18(12-23(20)40-2)25-24-26(29)31-15-32-27(24)37(34-25)14-19(38)13-36-10-9-30-16-36/h3-12,15-16,19,38H,13-14H2,1-2H3,(H,33,39)(H2,29,31,32). The van der Waals surface area contributed by atoms with E-state index < -0.39 is 6.10 Å². The first-order valence-electron chi connectivity index (χ1n) is 12.6. The van der Waals surface area contributed by atoms with Crippen molar-refractivity contribution in [2.75, 3.05) is 18.2 Å². The molecule has 0 saturated carbocycles. The molecule has 202 valence electrons. The second-order valence-electron chi connectivity index (χ2n) is 9.42. The van der Waals surface area contributed by atoms with E-state index in [9.17, 15) is 9.90 Å². The minimum absolute atomic E-state index is 0.182. The summed E-state index contributed by atoms with van der Waals surface area (Å²) in [5.41, 5.74) is 9.97. The van der Waals surface area contributed by atoms with Crippen LogP contribution in [0.3, 0.4) is 0 Å². The third-order valence-corrected chi connectivity index (χ3v) is 6.83. The normalized spacial score (nSPS) is 12.2. The van der Waals surface area contributed by atoms with Crippen LogP contribution in [0.15, 0.2) is 73.6 Å². The predicted octanol–water partition coefficient (Wildman–Crippen LogP) is 3.09. The molecule has 6 aromatic rings. The Morgan fingerprint density at radius 2 is 2.00 bits per heavy atom. The zero-order chi connectivity index (χ0) is 27.8. The van der Waals surface area contributed by atoms with Gasteiger partial charge in [0, 0.05) is 35.9 Å². The van der Waals surface area contributed by atoms with E-state index >= 15 is 0 Å². The number of aromatic nitrogens is 7. The molecule has 12 heteroatoms. The molecule has 0 radical (unpaired) electrons. The van der Waals surface area contributed by atoms with Crippen LogP contribution in [0.4, 0.5) is 11.5 Å². The largest absolute Gasteiger partial charge is 0.495 e. The van der Waals surface area contributed by atoms with Gasteiger partial charge in [-0.3, -0.25) is 4.79 Å². The van der Waals surface area contributed by atoms with E-state index in [4.69, 9.17) is 15.6 Å². The van der Waals surface area contributed by atoms with Crippen LogP contribution in [-0.4, -0.2) is 58.1 Å². The summed E-state index contributed by atoms with van der Waals surface area (Å²) in [5.74, 6) is 0.453. The molecule has 0 fully saturated rings. The lowest BCUT2D eigenvalue weighted by Crippen LogP contribution is -2.22. The monoisotopic (exact) mass is 537 g/mol. The molecule has 4 N–H and O–H groups in total. The van der Waals surface area contributed by atoms with E-state index in [1.807, 2.05) is 48.0 Å². The molecule has 0 saturated heterocycles. The number of hydrogen-bond acceptors (Lipinski definition) is 8. The maximum absolute atomic E-state index is 13.2. The van der Waals surface area contributed by atoms with Crippen molar-refractivity contribution in [2.45, 2.75) is 19.2 Å². The number of imidazole rings is 1. The molecule has 1 atom stereocenters. The van der Waals surface area contributed by atoms with Crippen molar-refractivity contribution in [3.8, 4) is 17.0 Å². The second-order valence-corrected chi connectivity index (χ2v) is 9.42. The Morgan fingerprint density at radius 3 is 2.77 bits per heavy atom. The minimum Gasteiger partial charge on any atom is -0.495 e. The van der Waals surface area contributed by atoms with E-state index in [2.05, 4.69) is 20.3 Å². The number of para-hydroxylation sites is 1. The number of nitrogen functional groups attached to an aromatic ring is 1. The van der Waals surface area contributed by atoms with Gasteiger partial charge in [0.1, 0.15) is 29.3 Å².